The maximum absolute atomic E-state index is 11.2. The zero-order valence-electron chi connectivity index (χ0n) is 7.53. The van der Waals surface area contributed by atoms with Gasteiger partial charge in [-0.1, -0.05) is 6.42 Å². The first-order valence-electron chi connectivity index (χ1n) is 4.50. The molecule has 3 nitrogen and oxygen atoms in total. The SMILES string of the molecule is O=C(O)C1(c2ccncc2Br)CCC1. The highest BCUT2D eigenvalue weighted by molar-refractivity contribution is 9.10. The fraction of sp³-hybridized carbons (Fsp3) is 0.400. The maximum Gasteiger partial charge on any atom is 0.314 e. The highest BCUT2D eigenvalue weighted by Crippen LogP contribution is 2.46. The summed E-state index contributed by atoms with van der Waals surface area (Å²) in [6.07, 6.45) is 5.73. The summed E-state index contributed by atoms with van der Waals surface area (Å²) in [5, 5.41) is 9.22. The Balaban J connectivity index is 2.47. The predicted molar refractivity (Wildman–Crippen MR) is 55.1 cm³/mol. The quantitative estimate of drug-likeness (QED) is 0.883. The highest BCUT2D eigenvalue weighted by atomic mass is 79.9. The minimum absolute atomic E-state index is 0.665. The zero-order valence-corrected chi connectivity index (χ0v) is 9.12. The molecule has 1 aromatic rings. The van der Waals surface area contributed by atoms with Gasteiger partial charge in [-0.3, -0.25) is 9.78 Å². The van der Waals surface area contributed by atoms with Gasteiger partial charge in [0.25, 0.3) is 0 Å². The molecule has 74 valence electrons. The third-order valence-corrected chi connectivity index (χ3v) is 3.54. The average molecular weight is 256 g/mol. The number of carboxylic acids is 1. The highest BCUT2D eigenvalue weighted by Gasteiger charge is 2.46. The van der Waals surface area contributed by atoms with Crippen LogP contribution in [-0.2, 0) is 10.2 Å². The van der Waals surface area contributed by atoms with Gasteiger partial charge in [-0.25, -0.2) is 0 Å². The van der Waals surface area contributed by atoms with Crippen molar-refractivity contribution in [1.82, 2.24) is 4.98 Å². The predicted octanol–water partition coefficient (Wildman–Crippen LogP) is 2.35. The van der Waals surface area contributed by atoms with Gasteiger partial charge in [0, 0.05) is 16.9 Å². The second kappa shape index (κ2) is 3.35. The molecule has 0 spiro atoms. The summed E-state index contributed by atoms with van der Waals surface area (Å²) >= 11 is 3.35. The molecule has 1 saturated carbocycles. The lowest BCUT2D eigenvalue weighted by Crippen LogP contribution is -2.42. The summed E-state index contributed by atoms with van der Waals surface area (Å²) in [5.74, 6) is -0.726. The summed E-state index contributed by atoms with van der Waals surface area (Å²) in [6, 6.07) is 1.79. The largest absolute Gasteiger partial charge is 0.481 e. The molecule has 1 aliphatic carbocycles. The normalized spacial score (nSPS) is 18.6. The molecule has 0 radical (unpaired) electrons. The van der Waals surface area contributed by atoms with E-state index < -0.39 is 11.4 Å². The number of carbonyl (C=O) groups is 1. The number of halogens is 1. The van der Waals surface area contributed by atoms with Crippen LogP contribution >= 0.6 is 15.9 Å². The lowest BCUT2D eigenvalue weighted by atomic mass is 9.65. The minimum atomic E-state index is -0.726. The van der Waals surface area contributed by atoms with Crippen molar-refractivity contribution in [3.8, 4) is 0 Å². The second-order valence-corrected chi connectivity index (χ2v) is 4.45. The van der Waals surface area contributed by atoms with Crippen LogP contribution in [0.1, 0.15) is 24.8 Å². The van der Waals surface area contributed by atoms with E-state index in [1.807, 2.05) is 0 Å². The molecule has 1 heterocycles. The molecule has 1 aliphatic rings. The van der Waals surface area contributed by atoms with Crippen LogP contribution in [-0.4, -0.2) is 16.1 Å². The van der Waals surface area contributed by atoms with Crippen LogP contribution < -0.4 is 0 Å². The molecule has 0 aromatic carbocycles. The van der Waals surface area contributed by atoms with Gasteiger partial charge in [0.15, 0.2) is 0 Å². The number of pyridine rings is 1. The molecule has 4 heteroatoms. The lowest BCUT2D eigenvalue weighted by Gasteiger charge is -2.38. The van der Waals surface area contributed by atoms with E-state index >= 15 is 0 Å². The summed E-state index contributed by atoms with van der Waals surface area (Å²) < 4.78 is 0.794. The molecule has 0 unspecified atom stereocenters. The molecule has 0 aliphatic heterocycles. The van der Waals surface area contributed by atoms with E-state index in [4.69, 9.17) is 0 Å². The topological polar surface area (TPSA) is 50.2 Å². The monoisotopic (exact) mass is 255 g/mol. The number of hydrogen-bond acceptors (Lipinski definition) is 2. The number of aromatic nitrogens is 1. The lowest BCUT2D eigenvalue weighted by molar-refractivity contribution is -0.147. The van der Waals surface area contributed by atoms with E-state index in [0.29, 0.717) is 0 Å². The van der Waals surface area contributed by atoms with Crippen molar-refractivity contribution in [2.45, 2.75) is 24.7 Å². The van der Waals surface area contributed by atoms with Crippen LogP contribution in [0.15, 0.2) is 22.9 Å². The van der Waals surface area contributed by atoms with Crippen molar-refractivity contribution in [1.29, 1.82) is 0 Å². The Hall–Kier alpha value is -0.900. The Labute approximate surface area is 90.3 Å². The van der Waals surface area contributed by atoms with Crippen LogP contribution in [0.2, 0.25) is 0 Å². The molecular formula is C10H10BrNO2. The Morgan fingerprint density at radius 1 is 1.57 bits per heavy atom. The standard InChI is InChI=1S/C10H10BrNO2/c11-8-6-12-5-2-7(8)10(9(13)14)3-1-4-10/h2,5-6H,1,3-4H2,(H,13,14). The van der Waals surface area contributed by atoms with Gasteiger partial charge in [0.2, 0.25) is 0 Å². The second-order valence-electron chi connectivity index (χ2n) is 3.60. The number of aliphatic carboxylic acids is 1. The van der Waals surface area contributed by atoms with E-state index in [0.717, 1.165) is 29.3 Å². The smallest absolute Gasteiger partial charge is 0.314 e. The molecule has 1 fully saturated rings. The molecule has 1 N–H and O–H groups in total. The Morgan fingerprint density at radius 3 is 2.71 bits per heavy atom. The van der Waals surface area contributed by atoms with Gasteiger partial charge in [0.05, 0.1) is 5.41 Å². The molecule has 0 amide bonds. The first kappa shape index (κ1) is 9.65. The summed E-state index contributed by atoms with van der Waals surface area (Å²) in [4.78, 5) is 15.2. The van der Waals surface area contributed by atoms with Gasteiger partial charge >= 0.3 is 5.97 Å². The van der Waals surface area contributed by atoms with E-state index in [9.17, 15) is 9.90 Å². The Bertz CT molecular complexity index is 374. The minimum Gasteiger partial charge on any atom is -0.481 e. The van der Waals surface area contributed by atoms with Crippen molar-refractivity contribution in [2.24, 2.45) is 0 Å². The molecule has 0 bridgehead atoms. The Kier molecular flexibility index (Phi) is 2.31. The molecule has 0 saturated heterocycles. The van der Waals surface area contributed by atoms with E-state index in [1.54, 1.807) is 18.5 Å². The van der Waals surface area contributed by atoms with Crippen molar-refractivity contribution in [2.75, 3.05) is 0 Å². The molecule has 2 rings (SSSR count). The maximum atomic E-state index is 11.2. The summed E-state index contributed by atoms with van der Waals surface area (Å²) in [5.41, 5.74) is 0.188. The van der Waals surface area contributed by atoms with Crippen LogP contribution in [0.5, 0.6) is 0 Å². The average Bonchev–Trinajstić information content (AvgIpc) is 2.05. The number of hydrogen-bond donors (Lipinski definition) is 1. The van der Waals surface area contributed by atoms with E-state index in [2.05, 4.69) is 20.9 Å². The summed E-state index contributed by atoms with van der Waals surface area (Å²) in [7, 11) is 0. The first-order chi connectivity index (χ1) is 6.67. The summed E-state index contributed by atoms with van der Waals surface area (Å²) in [6.45, 7) is 0. The van der Waals surface area contributed by atoms with Gasteiger partial charge < -0.3 is 5.11 Å². The van der Waals surface area contributed by atoms with Crippen LogP contribution in [0.25, 0.3) is 0 Å². The van der Waals surface area contributed by atoms with Crippen molar-refractivity contribution in [3.05, 3.63) is 28.5 Å². The van der Waals surface area contributed by atoms with Gasteiger partial charge in [0.1, 0.15) is 0 Å². The molecule has 0 atom stereocenters. The van der Waals surface area contributed by atoms with Gasteiger partial charge in [-0.15, -0.1) is 0 Å². The first-order valence-corrected chi connectivity index (χ1v) is 5.29. The van der Waals surface area contributed by atoms with Crippen molar-refractivity contribution >= 4 is 21.9 Å². The number of rotatable bonds is 2. The number of carboxylic acid groups (broad SMARTS) is 1. The van der Waals surface area contributed by atoms with Crippen LogP contribution in [0.4, 0.5) is 0 Å². The molecular weight excluding hydrogens is 246 g/mol. The van der Waals surface area contributed by atoms with Gasteiger partial charge in [-0.2, -0.15) is 0 Å². The van der Waals surface area contributed by atoms with Crippen molar-refractivity contribution < 1.29 is 9.90 Å². The zero-order chi connectivity index (χ0) is 10.2. The molecule has 1 aromatic heterocycles. The van der Waals surface area contributed by atoms with Crippen LogP contribution in [0, 0.1) is 0 Å². The van der Waals surface area contributed by atoms with E-state index in [-0.39, 0.29) is 0 Å². The third kappa shape index (κ3) is 1.25. The number of nitrogens with zero attached hydrogens (tertiary/aromatic N) is 1. The fourth-order valence-corrected chi connectivity index (χ4v) is 2.52. The third-order valence-electron chi connectivity index (χ3n) is 2.90. The Morgan fingerprint density at radius 2 is 2.29 bits per heavy atom. The van der Waals surface area contributed by atoms with Gasteiger partial charge in [-0.05, 0) is 40.4 Å². The fourth-order valence-electron chi connectivity index (χ4n) is 1.89. The van der Waals surface area contributed by atoms with Crippen LogP contribution in [0.3, 0.4) is 0 Å². The molecule has 14 heavy (non-hydrogen) atoms. The van der Waals surface area contributed by atoms with E-state index in [1.165, 1.54) is 0 Å². The van der Waals surface area contributed by atoms with Crippen molar-refractivity contribution in [3.63, 3.8) is 0 Å².